The van der Waals surface area contributed by atoms with Gasteiger partial charge >= 0.3 is 5.63 Å². The summed E-state index contributed by atoms with van der Waals surface area (Å²) < 4.78 is 4.98. The number of hydrogen-bond acceptors (Lipinski definition) is 4. The summed E-state index contributed by atoms with van der Waals surface area (Å²) in [4.78, 5) is 23.3. The third-order valence-corrected chi connectivity index (χ3v) is 2.43. The molecule has 18 heavy (non-hydrogen) atoms. The lowest BCUT2D eigenvalue weighted by Gasteiger charge is -2.03. The topological polar surface area (TPSA) is 67.5 Å². The molecule has 0 radical (unpaired) electrons. The van der Waals surface area contributed by atoms with Gasteiger partial charge in [0, 0.05) is 18.9 Å². The molecule has 1 rings (SSSR count). The van der Waals surface area contributed by atoms with Crippen LogP contribution in [0.3, 0.4) is 0 Å². The van der Waals surface area contributed by atoms with Gasteiger partial charge in [-0.05, 0) is 12.8 Å². The summed E-state index contributed by atoms with van der Waals surface area (Å²) in [6.45, 7) is 7.05. The fraction of sp³-hybridized carbons (Fsp3) is 0.286. The Morgan fingerprint density at radius 3 is 2.56 bits per heavy atom. The third-order valence-electron chi connectivity index (χ3n) is 2.43. The van der Waals surface area contributed by atoms with Gasteiger partial charge in [-0.3, -0.25) is 4.79 Å². The van der Waals surface area contributed by atoms with E-state index in [1.165, 1.54) is 6.07 Å². The molecular weight excluding hydrogens is 232 g/mol. The zero-order valence-electron chi connectivity index (χ0n) is 10.1. The molecule has 4 nitrogen and oxygen atoms in total. The van der Waals surface area contributed by atoms with Crippen LogP contribution in [0.4, 0.5) is 0 Å². The highest BCUT2D eigenvalue weighted by molar-refractivity contribution is 5.98. The molecule has 0 aliphatic rings. The Hall–Kier alpha value is -2.10. The molecule has 4 heteroatoms. The average Bonchev–Trinajstić information content (AvgIpc) is 2.33. The van der Waals surface area contributed by atoms with Crippen molar-refractivity contribution < 1.29 is 14.3 Å². The van der Waals surface area contributed by atoms with Crippen molar-refractivity contribution in [3.63, 3.8) is 0 Å². The number of aromatic hydroxyl groups is 1. The SMILES string of the molecule is C=CCCC(=O)c1c(O)cc(CCC=C)oc1=O. The van der Waals surface area contributed by atoms with Crippen LogP contribution in [-0.2, 0) is 6.42 Å². The van der Waals surface area contributed by atoms with Crippen molar-refractivity contribution in [2.75, 3.05) is 0 Å². The first-order chi connectivity index (χ1) is 8.60. The number of rotatable bonds is 7. The molecule has 0 unspecified atom stereocenters. The molecule has 0 saturated carbocycles. The van der Waals surface area contributed by atoms with Crippen LogP contribution in [0.5, 0.6) is 5.75 Å². The van der Waals surface area contributed by atoms with E-state index in [1.807, 2.05) is 0 Å². The monoisotopic (exact) mass is 248 g/mol. The summed E-state index contributed by atoms with van der Waals surface area (Å²) >= 11 is 0. The lowest BCUT2D eigenvalue weighted by atomic mass is 10.1. The largest absolute Gasteiger partial charge is 0.507 e. The van der Waals surface area contributed by atoms with Crippen LogP contribution < -0.4 is 5.63 Å². The Kier molecular flexibility index (Phi) is 5.11. The van der Waals surface area contributed by atoms with E-state index in [2.05, 4.69) is 13.2 Å². The predicted octanol–water partition coefficient (Wildman–Crippen LogP) is 2.61. The first kappa shape index (κ1) is 14.0. The van der Waals surface area contributed by atoms with Crippen LogP contribution in [0.25, 0.3) is 0 Å². The number of Topliss-reactive ketones (excluding diaryl/α,β-unsaturated/α-hetero) is 1. The second kappa shape index (κ2) is 6.59. The summed E-state index contributed by atoms with van der Waals surface area (Å²) in [5, 5.41) is 9.71. The van der Waals surface area contributed by atoms with Crippen LogP contribution in [0.2, 0.25) is 0 Å². The second-order valence-electron chi connectivity index (χ2n) is 3.84. The maximum absolute atomic E-state index is 11.7. The van der Waals surface area contributed by atoms with Gasteiger partial charge in [0.15, 0.2) is 5.78 Å². The lowest BCUT2D eigenvalue weighted by molar-refractivity contribution is 0.0976. The minimum absolute atomic E-state index is 0.133. The predicted molar refractivity (Wildman–Crippen MR) is 68.9 cm³/mol. The van der Waals surface area contributed by atoms with Gasteiger partial charge in [0.05, 0.1) is 0 Å². The Bertz CT molecular complexity index is 511. The van der Waals surface area contributed by atoms with Gasteiger partial charge in [0.1, 0.15) is 17.1 Å². The summed E-state index contributed by atoms with van der Waals surface area (Å²) in [6.07, 6.45) is 4.94. The Morgan fingerprint density at radius 1 is 1.33 bits per heavy atom. The maximum Gasteiger partial charge on any atom is 0.350 e. The molecule has 1 N–H and O–H groups in total. The standard InChI is InChI=1S/C14H16O4/c1-3-5-7-10-9-12(16)13(14(17)18-10)11(15)8-6-4-2/h3-4,9,16H,1-2,5-8H2. The minimum Gasteiger partial charge on any atom is -0.507 e. The van der Waals surface area contributed by atoms with Crippen molar-refractivity contribution in [2.45, 2.75) is 25.7 Å². The van der Waals surface area contributed by atoms with E-state index in [4.69, 9.17) is 4.42 Å². The first-order valence-electron chi connectivity index (χ1n) is 5.71. The van der Waals surface area contributed by atoms with Crippen molar-refractivity contribution in [1.29, 1.82) is 0 Å². The normalized spacial score (nSPS) is 10.0. The third kappa shape index (κ3) is 3.45. The molecule has 0 amide bonds. The molecule has 0 atom stereocenters. The molecule has 1 heterocycles. The van der Waals surface area contributed by atoms with Crippen LogP contribution in [0, 0.1) is 0 Å². The Balaban J connectivity index is 3.00. The van der Waals surface area contributed by atoms with Crippen LogP contribution in [0.1, 0.15) is 35.4 Å². The van der Waals surface area contributed by atoms with Gasteiger partial charge in [-0.1, -0.05) is 12.2 Å². The van der Waals surface area contributed by atoms with Crippen LogP contribution in [-0.4, -0.2) is 10.9 Å². The highest BCUT2D eigenvalue weighted by Crippen LogP contribution is 2.18. The van der Waals surface area contributed by atoms with Gasteiger partial charge in [0.2, 0.25) is 0 Å². The molecule has 0 aromatic carbocycles. The van der Waals surface area contributed by atoms with E-state index in [0.29, 0.717) is 25.0 Å². The zero-order valence-corrected chi connectivity index (χ0v) is 10.1. The zero-order chi connectivity index (χ0) is 13.5. The van der Waals surface area contributed by atoms with Gasteiger partial charge in [-0.15, -0.1) is 13.2 Å². The molecule has 1 aromatic rings. The molecule has 0 aliphatic carbocycles. The van der Waals surface area contributed by atoms with E-state index in [-0.39, 0.29) is 17.7 Å². The number of hydrogen-bond donors (Lipinski definition) is 1. The van der Waals surface area contributed by atoms with Crippen LogP contribution >= 0.6 is 0 Å². The molecule has 1 aromatic heterocycles. The van der Waals surface area contributed by atoms with Crippen molar-refractivity contribution in [2.24, 2.45) is 0 Å². The molecule has 0 fully saturated rings. The van der Waals surface area contributed by atoms with Gasteiger partial charge < -0.3 is 9.52 Å². The summed E-state index contributed by atoms with van der Waals surface area (Å²) in [7, 11) is 0. The molecule has 0 bridgehead atoms. The maximum atomic E-state index is 11.7. The van der Waals surface area contributed by atoms with Gasteiger partial charge in [-0.25, -0.2) is 4.79 Å². The van der Waals surface area contributed by atoms with Crippen molar-refractivity contribution >= 4 is 5.78 Å². The Labute approximate surface area is 105 Å². The lowest BCUT2D eigenvalue weighted by Crippen LogP contribution is -2.15. The molecule has 0 saturated heterocycles. The Morgan fingerprint density at radius 2 is 2.00 bits per heavy atom. The fourth-order valence-electron chi connectivity index (χ4n) is 1.51. The van der Waals surface area contributed by atoms with E-state index < -0.39 is 11.4 Å². The number of carbonyl (C=O) groups is 1. The van der Waals surface area contributed by atoms with Gasteiger partial charge in [-0.2, -0.15) is 0 Å². The van der Waals surface area contributed by atoms with Crippen molar-refractivity contribution in [1.82, 2.24) is 0 Å². The number of carbonyl (C=O) groups excluding carboxylic acids is 1. The summed E-state index contributed by atoms with van der Waals surface area (Å²) in [6, 6.07) is 1.31. The average molecular weight is 248 g/mol. The minimum atomic E-state index is -0.789. The van der Waals surface area contributed by atoms with Gasteiger partial charge in [0.25, 0.3) is 0 Å². The summed E-state index contributed by atoms with van der Waals surface area (Å²) in [5.74, 6) is -0.409. The smallest absolute Gasteiger partial charge is 0.350 e. The van der Waals surface area contributed by atoms with E-state index in [0.717, 1.165) is 0 Å². The first-order valence-corrected chi connectivity index (χ1v) is 5.71. The molecule has 96 valence electrons. The highest BCUT2D eigenvalue weighted by Gasteiger charge is 2.17. The molecular formula is C14H16O4. The molecule has 0 aliphatic heterocycles. The summed E-state index contributed by atoms with van der Waals surface area (Å²) in [5.41, 5.74) is -1.07. The quantitative estimate of drug-likeness (QED) is 0.595. The van der Waals surface area contributed by atoms with Crippen molar-refractivity contribution in [3.8, 4) is 5.75 Å². The van der Waals surface area contributed by atoms with E-state index in [9.17, 15) is 14.7 Å². The number of aryl methyl sites for hydroxylation is 1. The highest BCUT2D eigenvalue weighted by atomic mass is 16.4. The number of ketones is 1. The number of allylic oxidation sites excluding steroid dienone is 2. The van der Waals surface area contributed by atoms with E-state index in [1.54, 1.807) is 12.2 Å². The molecule has 0 spiro atoms. The van der Waals surface area contributed by atoms with Crippen LogP contribution in [0.15, 0.2) is 40.6 Å². The van der Waals surface area contributed by atoms with E-state index >= 15 is 0 Å². The second-order valence-corrected chi connectivity index (χ2v) is 3.84. The fourth-order valence-corrected chi connectivity index (χ4v) is 1.51. The van der Waals surface area contributed by atoms with Crippen molar-refractivity contribution in [3.05, 3.63) is 53.1 Å².